The first kappa shape index (κ1) is 20.5. The summed E-state index contributed by atoms with van der Waals surface area (Å²) in [5.41, 5.74) is 3.59. The van der Waals surface area contributed by atoms with Crippen LogP contribution in [0.25, 0.3) is 0 Å². The maximum absolute atomic E-state index is 13.7. The van der Waals surface area contributed by atoms with Gasteiger partial charge in [0.15, 0.2) is 5.54 Å². The molecular weight excluding hydrogens is 422 g/mol. The van der Waals surface area contributed by atoms with Crippen molar-refractivity contribution in [1.82, 2.24) is 15.8 Å². The highest BCUT2D eigenvalue weighted by molar-refractivity contribution is 7.14. The zero-order chi connectivity index (χ0) is 22.3. The van der Waals surface area contributed by atoms with E-state index in [4.69, 9.17) is 0 Å². The molecule has 0 bridgehead atoms. The molecule has 6 nitrogen and oxygen atoms in total. The van der Waals surface area contributed by atoms with Crippen LogP contribution in [0, 0.1) is 5.92 Å². The Morgan fingerprint density at radius 2 is 1.69 bits per heavy atom. The van der Waals surface area contributed by atoms with E-state index in [0.717, 1.165) is 24.3 Å². The minimum atomic E-state index is -1.41. The van der Waals surface area contributed by atoms with Gasteiger partial charge in [0.1, 0.15) is 0 Å². The number of thiophene rings is 1. The fraction of sp³-hybridized carbons (Fsp3) is 0.240. The van der Waals surface area contributed by atoms with Crippen LogP contribution >= 0.6 is 11.3 Å². The van der Waals surface area contributed by atoms with Crippen LogP contribution in [0.4, 0.5) is 4.79 Å². The molecule has 2 aliphatic rings. The number of hydrogen-bond acceptors (Lipinski definition) is 4. The van der Waals surface area contributed by atoms with Gasteiger partial charge >= 0.3 is 6.03 Å². The minimum absolute atomic E-state index is 0.447. The van der Waals surface area contributed by atoms with Gasteiger partial charge in [-0.3, -0.25) is 15.0 Å². The van der Waals surface area contributed by atoms with E-state index < -0.39 is 23.4 Å². The Bertz CT molecular complexity index is 1150. The van der Waals surface area contributed by atoms with E-state index in [1.165, 1.54) is 21.8 Å². The number of fused-ring (bicyclic) bond motifs is 1. The third-order valence-corrected chi connectivity index (χ3v) is 7.44. The van der Waals surface area contributed by atoms with E-state index in [0.29, 0.717) is 21.9 Å². The Hall–Kier alpha value is -3.45. The second-order valence-electron chi connectivity index (χ2n) is 8.40. The first-order valence-electron chi connectivity index (χ1n) is 10.7. The van der Waals surface area contributed by atoms with Gasteiger partial charge < -0.3 is 5.32 Å². The first-order valence-corrected chi connectivity index (χ1v) is 11.5. The second kappa shape index (κ2) is 7.91. The van der Waals surface area contributed by atoms with Crippen molar-refractivity contribution in [2.24, 2.45) is 5.92 Å². The zero-order valence-corrected chi connectivity index (χ0v) is 18.4. The van der Waals surface area contributed by atoms with Gasteiger partial charge in [0, 0.05) is 4.88 Å². The van der Waals surface area contributed by atoms with Crippen LogP contribution in [-0.2, 0) is 23.2 Å². The summed E-state index contributed by atoms with van der Waals surface area (Å²) in [6.07, 6.45) is 3.02. The topological polar surface area (TPSA) is 78.5 Å². The molecule has 2 heterocycles. The van der Waals surface area contributed by atoms with E-state index in [-0.39, 0.29) is 0 Å². The van der Waals surface area contributed by atoms with Gasteiger partial charge in [0.25, 0.3) is 11.8 Å². The monoisotopic (exact) mass is 445 g/mol. The quantitative estimate of drug-likeness (QED) is 0.596. The number of hydrazine groups is 1. The highest BCUT2D eigenvalue weighted by Gasteiger charge is 2.54. The number of aryl methyl sites for hydroxylation is 1. The van der Waals surface area contributed by atoms with Crippen LogP contribution in [0.5, 0.6) is 0 Å². The van der Waals surface area contributed by atoms with Crippen LogP contribution in [-0.4, -0.2) is 22.9 Å². The number of imide groups is 1. The van der Waals surface area contributed by atoms with Crippen molar-refractivity contribution >= 4 is 29.2 Å². The summed E-state index contributed by atoms with van der Waals surface area (Å²) < 4.78 is 0. The highest BCUT2D eigenvalue weighted by atomic mass is 32.1. The molecule has 5 rings (SSSR count). The van der Waals surface area contributed by atoms with E-state index in [1.54, 1.807) is 24.3 Å². The summed E-state index contributed by atoms with van der Waals surface area (Å²) in [5, 5.41) is 3.65. The van der Waals surface area contributed by atoms with Gasteiger partial charge in [-0.05, 0) is 47.9 Å². The van der Waals surface area contributed by atoms with Crippen molar-refractivity contribution in [2.75, 3.05) is 0 Å². The lowest BCUT2D eigenvalue weighted by Crippen LogP contribution is -2.49. The lowest BCUT2D eigenvalue weighted by Gasteiger charge is -2.27. The van der Waals surface area contributed by atoms with E-state index in [9.17, 15) is 14.4 Å². The summed E-state index contributed by atoms with van der Waals surface area (Å²) >= 11 is 1.44. The molecule has 2 N–H and O–H groups in total. The van der Waals surface area contributed by atoms with Crippen LogP contribution in [0.1, 0.15) is 44.6 Å². The fourth-order valence-electron chi connectivity index (χ4n) is 4.54. The molecule has 0 spiro atoms. The molecule has 32 heavy (non-hydrogen) atoms. The molecule has 1 aliphatic carbocycles. The van der Waals surface area contributed by atoms with Crippen molar-refractivity contribution in [3.63, 3.8) is 0 Å². The van der Waals surface area contributed by atoms with Crippen LogP contribution < -0.4 is 10.7 Å². The number of carbonyl (C=O) groups is 3. The Morgan fingerprint density at radius 1 is 1.06 bits per heavy atom. The lowest BCUT2D eigenvalue weighted by atomic mass is 9.83. The number of carbonyl (C=O) groups excluding carboxylic acids is 3. The Kier molecular flexibility index (Phi) is 5.06. The fourth-order valence-corrected chi connectivity index (χ4v) is 5.64. The molecule has 0 saturated carbocycles. The van der Waals surface area contributed by atoms with Crippen molar-refractivity contribution in [1.29, 1.82) is 0 Å². The number of amides is 4. The normalized spacial score (nSPS) is 19.4. The molecule has 1 aliphatic heterocycles. The smallest absolute Gasteiger partial charge is 0.314 e. The molecular formula is C25H23N3O3S. The summed E-state index contributed by atoms with van der Waals surface area (Å²) in [4.78, 5) is 41.3. The number of benzene rings is 2. The Balaban J connectivity index is 1.47. The molecule has 2 aromatic carbocycles. The molecule has 1 atom stereocenters. The largest absolute Gasteiger partial charge is 0.344 e. The Labute approximate surface area is 190 Å². The van der Waals surface area contributed by atoms with Crippen LogP contribution in [0.15, 0.2) is 66.7 Å². The number of hydrogen-bond donors (Lipinski definition) is 2. The molecule has 0 radical (unpaired) electrons. The number of nitrogens with zero attached hydrogens (tertiary/aromatic N) is 1. The maximum Gasteiger partial charge on any atom is 0.344 e. The van der Waals surface area contributed by atoms with Crippen molar-refractivity contribution in [2.45, 2.75) is 31.7 Å². The van der Waals surface area contributed by atoms with Crippen LogP contribution in [0.2, 0.25) is 0 Å². The Morgan fingerprint density at radius 3 is 2.31 bits per heavy atom. The van der Waals surface area contributed by atoms with Gasteiger partial charge in [-0.25, -0.2) is 4.79 Å². The lowest BCUT2D eigenvalue weighted by molar-refractivity contribution is -0.131. The van der Waals surface area contributed by atoms with Gasteiger partial charge in [-0.15, -0.1) is 11.3 Å². The van der Waals surface area contributed by atoms with Gasteiger partial charge in [0.2, 0.25) is 0 Å². The van der Waals surface area contributed by atoms with Crippen LogP contribution in [0.3, 0.4) is 0 Å². The third-order valence-electron chi connectivity index (χ3n) is 6.20. The zero-order valence-electron chi connectivity index (χ0n) is 17.6. The van der Waals surface area contributed by atoms with Gasteiger partial charge in [-0.1, -0.05) is 67.6 Å². The maximum atomic E-state index is 13.7. The van der Waals surface area contributed by atoms with E-state index >= 15 is 0 Å². The van der Waals surface area contributed by atoms with Crippen molar-refractivity contribution < 1.29 is 14.4 Å². The molecule has 162 valence electrons. The number of urea groups is 1. The second-order valence-corrected chi connectivity index (χ2v) is 9.54. The summed E-state index contributed by atoms with van der Waals surface area (Å²) in [7, 11) is 0. The molecule has 7 heteroatoms. The van der Waals surface area contributed by atoms with E-state index in [2.05, 4.69) is 17.7 Å². The average Bonchev–Trinajstić information content (AvgIpc) is 3.35. The molecule has 1 unspecified atom stereocenters. The van der Waals surface area contributed by atoms with Crippen molar-refractivity contribution in [3.8, 4) is 0 Å². The van der Waals surface area contributed by atoms with Gasteiger partial charge in [-0.2, -0.15) is 5.01 Å². The first-order chi connectivity index (χ1) is 15.5. The summed E-state index contributed by atoms with van der Waals surface area (Å²) in [5.74, 6) is -0.392. The summed E-state index contributed by atoms with van der Waals surface area (Å²) in [6, 6.07) is 19.4. The predicted octanol–water partition coefficient (Wildman–Crippen LogP) is 4.01. The average molecular weight is 446 g/mol. The molecule has 1 fully saturated rings. The number of rotatable bonds is 4. The third kappa shape index (κ3) is 3.29. The molecule has 3 aromatic rings. The molecule has 1 aromatic heterocycles. The number of nitrogens with one attached hydrogen (secondary N) is 2. The predicted molar refractivity (Wildman–Crippen MR) is 122 cm³/mol. The standard InChI is InChI=1S/C25H23N3O3S/c1-16-12-13-20-17(14-16)15-21(32-20)22(29)27-28-23(30)25(26-24(28)31,18-8-4-2-5-9-18)19-10-6-3-7-11-19/h2-11,15-16H,12-14H2,1H3,(H,26,31)(H,27,29). The van der Waals surface area contributed by atoms with Gasteiger partial charge in [0.05, 0.1) is 4.88 Å². The minimum Gasteiger partial charge on any atom is -0.314 e. The van der Waals surface area contributed by atoms with E-state index in [1.807, 2.05) is 42.5 Å². The molecule has 4 amide bonds. The SMILES string of the molecule is CC1CCc2sc(C(=O)NN3C(=O)NC(c4ccccc4)(c4ccccc4)C3=O)cc2C1. The highest BCUT2D eigenvalue weighted by Crippen LogP contribution is 2.36. The van der Waals surface area contributed by atoms with Crippen molar-refractivity contribution in [3.05, 3.63) is 93.2 Å². The molecule has 1 saturated heterocycles. The summed E-state index contributed by atoms with van der Waals surface area (Å²) in [6.45, 7) is 2.21.